The van der Waals surface area contributed by atoms with Gasteiger partial charge in [-0.2, -0.15) is 4.72 Å². The van der Waals surface area contributed by atoms with E-state index in [2.05, 4.69) is 20.7 Å². The Bertz CT molecular complexity index is 806. The second-order valence-corrected chi connectivity index (χ2v) is 7.59. The van der Waals surface area contributed by atoms with Gasteiger partial charge in [-0.25, -0.2) is 8.42 Å². The van der Waals surface area contributed by atoms with E-state index < -0.39 is 27.5 Å². The van der Waals surface area contributed by atoms with E-state index in [1.807, 2.05) is 6.92 Å². The Labute approximate surface area is 142 Å². The zero-order valence-electron chi connectivity index (χ0n) is 12.3. The Morgan fingerprint density at radius 1 is 1.17 bits per heavy atom. The van der Waals surface area contributed by atoms with Crippen LogP contribution in [0.2, 0.25) is 0 Å². The van der Waals surface area contributed by atoms with Crippen molar-refractivity contribution < 1.29 is 13.3 Å². The van der Waals surface area contributed by atoms with Crippen LogP contribution in [-0.4, -0.2) is 19.9 Å². The third kappa shape index (κ3) is 4.60. The Morgan fingerprint density at radius 2 is 1.78 bits per heavy atom. The first kappa shape index (κ1) is 17.6. The molecule has 0 aliphatic heterocycles. The molecule has 0 amide bonds. The van der Waals surface area contributed by atoms with Crippen LogP contribution in [0.5, 0.6) is 0 Å². The van der Waals surface area contributed by atoms with Crippen LogP contribution in [0.3, 0.4) is 0 Å². The second kappa shape index (κ2) is 7.20. The molecule has 0 bridgehead atoms. The lowest BCUT2D eigenvalue weighted by Gasteiger charge is -2.17. The van der Waals surface area contributed by atoms with Gasteiger partial charge in [-0.05, 0) is 30.7 Å². The summed E-state index contributed by atoms with van der Waals surface area (Å²) >= 11 is 3.30. The highest BCUT2D eigenvalue weighted by Gasteiger charge is 2.26. The highest BCUT2D eigenvalue weighted by Crippen LogP contribution is 2.25. The fourth-order valence-corrected chi connectivity index (χ4v) is 3.85. The number of sulfonamides is 1. The van der Waals surface area contributed by atoms with Crippen molar-refractivity contribution in [3.63, 3.8) is 0 Å². The van der Waals surface area contributed by atoms with E-state index in [-0.39, 0.29) is 4.90 Å². The highest BCUT2D eigenvalue weighted by molar-refractivity contribution is 9.10. The van der Waals surface area contributed by atoms with Gasteiger partial charge in [-0.3, -0.25) is 10.1 Å². The summed E-state index contributed by atoms with van der Waals surface area (Å²) in [5.41, 5.74) is 1.44. The molecule has 6 nitrogen and oxygen atoms in total. The van der Waals surface area contributed by atoms with Gasteiger partial charge in [-0.15, -0.1) is 0 Å². The molecule has 0 saturated heterocycles. The van der Waals surface area contributed by atoms with Crippen molar-refractivity contribution in [1.82, 2.24) is 4.72 Å². The smallest absolute Gasteiger partial charge is 0.241 e. The maximum Gasteiger partial charge on any atom is 0.241 e. The number of nitro groups is 1. The zero-order valence-corrected chi connectivity index (χ0v) is 14.7. The number of hydrogen-bond acceptors (Lipinski definition) is 4. The standard InChI is InChI=1S/C15H15BrN2O4S/c1-11-6-8-12(9-7-11)23(21,22)17-15(10-18(19)20)13-4-2-3-5-14(13)16/h2-9,15,17H,10H2,1H3. The lowest BCUT2D eigenvalue weighted by atomic mass is 10.1. The third-order valence-electron chi connectivity index (χ3n) is 3.24. The van der Waals surface area contributed by atoms with E-state index in [1.54, 1.807) is 36.4 Å². The first-order valence-corrected chi connectivity index (χ1v) is 9.02. The number of nitrogens with zero attached hydrogens (tertiary/aromatic N) is 1. The molecule has 0 aromatic heterocycles. The van der Waals surface area contributed by atoms with E-state index in [0.29, 0.717) is 10.0 Å². The van der Waals surface area contributed by atoms with Gasteiger partial charge in [0.15, 0.2) is 0 Å². The summed E-state index contributed by atoms with van der Waals surface area (Å²) in [7, 11) is -3.86. The highest BCUT2D eigenvalue weighted by atomic mass is 79.9. The summed E-state index contributed by atoms with van der Waals surface area (Å²) in [6.45, 7) is 1.30. The van der Waals surface area contributed by atoms with Crippen molar-refractivity contribution in [1.29, 1.82) is 0 Å². The number of aryl methyl sites for hydroxylation is 1. The number of hydrogen-bond donors (Lipinski definition) is 1. The topological polar surface area (TPSA) is 89.3 Å². The summed E-state index contributed by atoms with van der Waals surface area (Å²) in [5, 5.41) is 10.9. The maximum absolute atomic E-state index is 12.5. The van der Waals surface area contributed by atoms with E-state index in [0.717, 1.165) is 5.56 Å². The van der Waals surface area contributed by atoms with Gasteiger partial charge in [0.05, 0.1) is 4.90 Å². The minimum absolute atomic E-state index is 0.0727. The SMILES string of the molecule is Cc1ccc(S(=O)(=O)NC(C[N+](=O)[O-])c2ccccc2Br)cc1. The van der Waals surface area contributed by atoms with Crippen LogP contribution in [0.4, 0.5) is 0 Å². The Balaban J connectivity index is 2.36. The molecular weight excluding hydrogens is 384 g/mol. The quantitative estimate of drug-likeness (QED) is 0.597. The molecule has 122 valence electrons. The van der Waals surface area contributed by atoms with Crippen LogP contribution >= 0.6 is 15.9 Å². The molecule has 2 rings (SSSR count). The Hall–Kier alpha value is -1.77. The summed E-state index contributed by atoms with van der Waals surface area (Å²) in [6.07, 6.45) is 0. The predicted octanol–water partition coefficient (Wildman–Crippen LogP) is 3.05. The van der Waals surface area contributed by atoms with E-state index in [1.165, 1.54) is 12.1 Å². The number of benzene rings is 2. The van der Waals surface area contributed by atoms with Crippen LogP contribution in [0.1, 0.15) is 17.2 Å². The summed E-state index contributed by atoms with van der Waals surface area (Å²) in [4.78, 5) is 10.4. The molecule has 0 aliphatic rings. The van der Waals surface area contributed by atoms with Crippen molar-refractivity contribution in [3.05, 3.63) is 74.2 Å². The molecule has 1 unspecified atom stereocenters. The van der Waals surface area contributed by atoms with Gasteiger partial charge >= 0.3 is 0 Å². The van der Waals surface area contributed by atoms with Crippen LogP contribution in [0.25, 0.3) is 0 Å². The molecule has 0 radical (unpaired) electrons. The molecule has 0 aliphatic carbocycles. The molecule has 8 heteroatoms. The molecule has 1 atom stereocenters. The van der Waals surface area contributed by atoms with Crippen LogP contribution in [0.15, 0.2) is 57.9 Å². The average molecular weight is 399 g/mol. The van der Waals surface area contributed by atoms with Gasteiger partial charge in [0.1, 0.15) is 6.04 Å². The molecule has 0 saturated carbocycles. The number of halogens is 1. The molecule has 0 heterocycles. The van der Waals surface area contributed by atoms with Crippen LogP contribution in [-0.2, 0) is 10.0 Å². The first-order valence-electron chi connectivity index (χ1n) is 6.75. The number of rotatable bonds is 6. The monoisotopic (exact) mass is 398 g/mol. The summed E-state index contributed by atoms with van der Waals surface area (Å²) in [6, 6.07) is 12.1. The van der Waals surface area contributed by atoms with Crippen molar-refractivity contribution in [3.8, 4) is 0 Å². The first-order chi connectivity index (χ1) is 10.8. The summed E-state index contributed by atoms with van der Waals surface area (Å²) in [5.74, 6) is 0. The normalized spacial score (nSPS) is 12.8. The minimum Gasteiger partial charge on any atom is -0.264 e. The van der Waals surface area contributed by atoms with Gasteiger partial charge < -0.3 is 0 Å². The fourth-order valence-electron chi connectivity index (χ4n) is 2.08. The van der Waals surface area contributed by atoms with Crippen molar-refractivity contribution >= 4 is 26.0 Å². The fraction of sp³-hybridized carbons (Fsp3) is 0.200. The van der Waals surface area contributed by atoms with E-state index in [9.17, 15) is 18.5 Å². The molecule has 1 N–H and O–H groups in total. The van der Waals surface area contributed by atoms with Crippen molar-refractivity contribution in [2.45, 2.75) is 17.9 Å². The molecule has 23 heavy (non-hydrogen) atoms. The molecular formula is C15H15BrN2O4S. The van der Waals surface area contributed by atoms with Crippen LogP contribution in [0, 0.1) is 17.0 Å². The lowest BCUT2D eigenvalue weighted by molar-refractivity contribution is -0.483. The van der Waals surface area contributed by atoms with E-state index in [4.69, 9.17) is 0 Å². The third-order valence-corrected chi connectivity index (χ3v) is 5.45. The van der Waals surface area contributed by atoms with Gasteiger partial charge in [0.2, 0.25) is 16.6 Å². The molecule has 2 aromatic rings. The summed E-state index contributed by atoms with van der Waals surface area (Å²) < 4.78 is 28.0. The van der Waals surface area contributed by atoms with Crippen molar-refractivity contribution in [2.75, 3.05) is 6.54 Å². The van der Waals surface area contributed by atoms with E-state index >= 15 is 0 Å². The largest absolute Gasteiger partial charge is 0.264 e. The minimum atomic E-state index is -3.86. The Kier molecular flexibility index (Phi) is 5.51. The predicted molar refractivity (Wildman–Crippen MR) is 90.2 cm³/mol. The maximum atomic E-state index is 12.5. The second-order valence-electron chi connectivity index (χ2n) is 5.02. The molecule has 2 aromatic carbocycles. The molecule has 0 spiro atoms. The lowest BCUT2D eigenvalue weighted by Crippen LogP contribution is -2.33. The van der Waals surface area contributed by atoms with Gasteiger partial charge in [0.25, 0.3) is 0 Å². The zero-order chi connectivity index (χ0) is 17.0. The number of nitrogens with one attached hydrogen (secondary N) is 1. The van der Waals surface area contributed by atoms with Gasteiger partial charge in [-0.1, -0.05) is 51.8 Å². The van der Waals surface area contributed by atoms with Gasteiger partial charge in [0, 0.05) is 9.40 Å². The van der Waals surface area contributed by atoms with Crippen molar-refractivity contribution in [2.24, 2.45) is 0 Å². The van der Waals surface area contributed by atoms with Crippen LogP contribution < -0.4 is 4.72 Å². The average Bonchev–Trinajstić information content (AvgIpc) is 2.46. The Morgan fingerprint density at radius 3 is 2.35 bits per heavy atom. The molecule has 0 fully saturated rings.